The molecule has 0 saturated heterocycles. The summed E-state index contributed by atoms with van der Waals surface area (Å²) >= 11 is 0. The van der Waals surface area contributed by atoms with Crippen LogP contribution in [0.4, 0.5) is 0 Å². The molecule has 2 N–H and O–H groups in total. The van der Waals surface area contributed by atoms with Crippen LogP contribution in [0.3, 0.4) is 0 Å². The SMILES string of the molecule is CC1C=C2CC3CC(c4ccc(-c5ccc(CC(=O)NO)cc5)cc4)(C1)CC23. The van der Waals surface area contributed by atoms with Gasteiger partial charge in [0.25, 0.3) is 0 Å². The topological polar surface area (TPSA) is 49.3 Å². The Bertz CT molecular complexity index is 928. The molecule has 0 heterocycles. The molecule has 2 bridgehead atoms. The number of carbonyl (C=O) groups is 1. The molecular formula is C25H27NO2. The minimum absolute atomic E-state index is 0.189. The number of hydroxylamine groups is 1. The molecule has 0 aromatic heterocycles. The molecule has 2 aromatic rings. The predicted molar refractivity (Wildman–Crippen MR) is 110 cm³/mol. The number of allylic oxidation sites excluding steroid dienone is 2. The Hall–Kier alpha value is -2.39. The number of hydrogen-bond acceptors (Lipinski definition) is 2. The Kier molecular flexibility index (Phi) is 4.17. The highest BCUT2D eigenvalue weighted by Crippen LogP contribution is 2.63. The predicted octanol–water partition coefficient (Wildman–Crippen LogP) is 5.04. The maximum Gasteiger partial charge on any atom is 0.247 e. The maximum atomic E-state index is 11.3. The van der Waals surface area contributed by atoms with Gasteiger partial charge in [0.05, 0.1) is 6.42 Å². The molecule has 1 amide bonds. The molecule has 144 valence electrons. The van der Waals surface area contributed by atoms with Gasteiger partial charge in [-0.2, -0.15) is 0 Å². The summed E-state index contributed by atoms with van der Waals surface area (Å²) in [4.78, 5) is 11.3. The molecule has 4 unspecified atom stereocenters. The summed E-state index contributed by atoms with van der Waals surface area (Å²) in [5.41, 5.74) is 8.56. The molecule has 0 radical (unpaired) electrons. The van der Waals surface area contributed by atoms with Crippen LogP contribution < -0.4 is 5.48 Å². The van der Waals surface area contributed by atoms with E-state index in [0.29, 0.717) is 11.3 Å². The van der Waals surface area contributed by atoms with E-state index in [1.54, 1.807) is 11.1 Å². The van der Waals surface area contributed by atoms with Crippen LogP contribution in [-0.2, 0) is 16.6 Å². The Balaban J connectivity index is 1.37. The molecular weight excluding hydrogens is 346 g/mol. The second-order valence-electron chi connectivity index (χ2n) is 9.17. The molecule has 28 heavy (non-hydrogen) atoms. The summed E-state index contributed by atoms with van der Waals surface area (Å²) in [6, 6.07) is 17.2. The van der Waals surface area contributed by atoms with E-state index in [-0.39, 0.29) is 6.42 Å². The average Bonchev–Trinajstić information content (AvgIpc) is 2.93. The fourth-order valence-corrected chi connectivity index (χ4v) is 6.07. The van der Waals surface area contributed by atoms with E-state index >= 15 is 0 Å². The highest BCUT2D eigenvalue weighted by Gasteiger charge is 2.54. The van der Waals surface area contributed by atoms with Crippen LogP contribution in [0.2, 0.25) is 0 Å². The van der Waals surface area contributed by atoms with Crippen molar-refractivity contribution in [3.63, 3.8) is 0 Å². The number of hydrogen-bond donors (Lipinski definition) is 2. The first-order chi connectivity index (χ1) is 13.6. The van der Waals surface area contributed by atoms with Gasteiger partial charge in [-0.05, 0) is 71.1 Å². The monoisotopic (exact) mass is 373 g/mol. The quantitative estimate of drug-likeness (QED) is 0.448. The van der Waals surface area contributed by atoms with E-state index in [2.05, 4.69) is 37.3 Å². The van der Waals surface area contributed by atoms with E-state index in [1.165, 1.54) is 36.8 Å². The van der Waals surface area contributed by atoms with E-state index in [0.717, 1.165) is 23.0 Å². The Morgan fingerprint density at radius 3 is 2.39 bits per heavy atom. The average molecular weight is 373 g/mol. The highest BCUT2D eigenvalue weighted by atomic mass is 16.5. The Labute approximate surface area is 166 Å². The second kappa shape index (κ2) is 6.59. The molecule has 4 atom stereocenters. The number of carbonyl (C=O) groups excluding carboxylic acids is 1. The van der Waals surface area contributed by atoms with Gasteiger partial charge >= 0.3 is 0 Å². The zero-order chi connectivity index (χ0) is 19.3. The summed E-state index contributed by atoms with van der Waals surface area (Å²) in [5, 5.41) is 8.66. The van der Waals surface area contributed by atoms with Crippen molar-refractivity contribution >= 4 is 5.91 Å². The van der Waals surface area contributed by atoms with Crippen LogP contribution in [0.25, 0.3) is 11.1 Å². The third kappa shape index (κ3) is 2.89. The minimum atomic E-state index is -0.392. The van der Waals surface area contributed by atoms with Crippen molar-refractivity contribution in [2.24, 2.45) is 17.8 Å². The Morgan fingerprint density at radius 1 is 1.04 bits per heavy atom. The smallest absolute Gasteiger partial charge is 0.247 e. The van der Waals surface area contributed by atoms with Crippen LogP contribution in [0.15, 0.2) is 60.2 Å². The van der Waals surface area contributed by atoms with Crippen LogP contribution in [0.5, 0.6) is 0 Å². The van der Waals surface area contributed by atoms with Crippen LogP contribution in [-0.4, -0.2) is 11.1 Å². The lowest BCUT2D eigenvalue weighted by molar-refractivity contribution is -0.128. The first-order valence-corrected chi connectivity index (χ1v) is 10.4. The number of nitrogens with one attached hydrogen (secondary N) is 1. The summed E-state index contributed by atoms with van der Waals surface area (Å²) < 4.78 is 0. The fraction of sp³-hybridized carbons (Fsp3) is 0.400. The molecule has 3 nitrogen and oxygen atoms in total. The lowest BCUT2D eigenvalue weighted by atomic mass is 9.68. The van der Waals surface area contributed by atoms with Gasteiger partial charge in [-0.1, -0.05) is 67.1 Å². The van der Waals surface area contributed by atoms with Gasteiger partial charge in [-0.3, -0.25) is 10.0 Å². The molecule has 2 saturated carbocycles. The van der Waals surface area contributed by atoms with E-state index in [4.69, 9.17) is 5.21 Å². The van der Waals surface area contributed by atoms with Crippen LogP contribution in [0, 0.1) is 17.8 Å². The van der Waals surface area contributed by atoms with Gasteiger partial charge in [-0.25, -0.2) is 5.48 Å². The number of benzene rings is 2. The molecule has 3 aliphatic rings. The molecule has 0 aliphatic heterocycles. The zero-order valence-corrected chi connectivity index (χ0v) is 16.3. The molecule has 3 aliphatic carbocycles. The first kappa shape index (κ1) is 17.7. The largest absolute Gasteiger partial charge is 0.289 e. The lowest BCUT2D eigenvalue weighted by Crippen LogP contribution is -2.27. The zero-order valence-electron chi connectivity index (χ0n) is 16.3. The van der Waals surface area contributed by atoms with Crippen molar-refractivity contribution in [2.45, 2.75) is 44.4 Å². The van der Waals surface area contributed by atoms with Crippen LogP contribution in [0.1, 0.15) is 43.7 Å². The third-order valence-corrected chi connectivity index (χ3v) is 7.29. The second-order valence-corrected chi connectivity index (χ2v) is 9.17. The van der Waals surface area contributed by atoms with Gasteiger partial charge in [0.1, 0.15) is 0 Å². The van der Waals surface area contributed by atoms with Crippen molar-refractivity contribution < 1.29 is 10.0 Å². The molecule has 3 heteroatoms. The highest BCUT2D eigenvalue weighted by molar-refractivity contribution is 5.77. The lowest BCUT2D eigenvalue weighted by Gasteiger charge is -2.36. The van der Waals surface area contributed by atoms with Crippen molar-refractivity contribution in [3.05, 3.63) is 71.3 Å². The van der Waals surface area contributed by atoms with E-state index in [9.17, 15) is 4.79 Å². The number of fused-ring (bicyclic) bond motifs is 1. The summed E-state index contributed by atoms with van der Waals surface area (Å²) in [5.74, 6) is 2.07. The van der Waals surface area contributed by atoms with Crippen molar-refractivity contribution in [3.8, 4) is 11.1 Å². The fourth-order valence-electron chi connectivity index (χ4n) is 6.07. The number of amides is 1. The Morgan fingerprint density at radius 2 is 1.71 bits per heavy atom. The van der Waals surface area contributed by atoms with E-state index in [1.807, 2.05) is 24.3 Å². The third-order valence-electron chi connectivity index (χ3n) is 7.29. The molecule has 0 spiro atoms. The standard InChI is InChI=1S/C25H27NO2/c1-16-10-20-12-21-14-25(13-16,15-23(20)21)22-8-6-19(7-9-22)18-4-2-17(3-5-18)11-24(27)26-28/h2-10,16,21,23,28H,11-15H2,1H3,(H,26,27). The maximum absolute atomic E-state index is 11.3. The summed E-state index contributed by atoms with van der Waals surface area (Å²) in [6.07, 6.45) is 8.08. The molecule has 5 rings (SSSR count). The van der Waals surface area contributed by atoms with Crippen molar-refractivity contribution in [1.29, 1.82) is 0 Å². The summed E-state index contributed by atoms with van der Waals surface area (Å²) in [6.45, 7) is 2.38. The van der Waals surface area contributed by atoms with Crippen molar-refractivity contribution in [1.82, 2.24) is 5.48 Å². The van der Waals surface area contributed by atoms with Gasteiger partial charge in [0, 0.05) is 0 Å². The summed E-state index contributed by atoms with van der Waals surface area (Å²) in [7, 11) is 0. The first-order valence-electron chi connectivity index (χ1n) is 10.4. The van der Waals surface area contributed by atoms with Gasteiger partial charge < -0.3 is 0 Å². The normalized spacial score (nSPS) is 30.2. The van der Waals surface area contributed by atoms with Gasteiger partial charge in [0.2, 0.25) is 5.91 Å². The minimum Gasteiger partial charge on any atom is -0.289 e. The van der Waals surface area contributed by atoms with Gasteiger partial charge in [-0.15, -0.1) is 0 Å². The number of rotatable bonds is 4. The van der Waals surface area contributed by atoms with E-state index < -0.39 is 5.91 Å². The van der Waals surface area contributed by atoms with Crippen LogP contribution >= 0.6 is 0 Å². The molecule has 2 aromatic carbocycles. The molecule has 2 fully saturated rings. The van der Waals surface area contributed by atoms with Gasteiger partial charge in [0.15, 0.2) is 0 Å². The van der Waals surface area contributed by atoms with Crippen molar-refractivity contribution in [2.75, 3.05) is 0 Å².